The molecule has 0 aromatic heterocycles. The van der Waals surface area contributed by atoms with Crippen LogP contribution < -0.4 is 11.1 Å². The maximum absolute atomic E-state index is 12.8. The molecule has 92 valence electrons. The topological polar surface area (TPSA) is 98.3 Å². The molecule has 0 aliphatic carbocycles. The average Bonchev–Trinajstić information content (AvgIpc) is 2.25. The first-order chi connectivity index (χ1) is 8.00. The molecule has 1 aromatic rings. The number of carbonyl (C=O) groups excluding carboxylic acids is 1. The Labute approximate surface area is 96.8 Å². The van der Waals surface area contributed by atoms with E-state index in [2.05, 4.69) is 5.32 Å². The van der Waals surface area contributed by atoms with Crippen LogP contribution in [0.4, 0.5) is 15.8 Å². The molecule has 0 bridgehead atoms. The van der Waals surface area contributed by atoms with E-state index in [1.165, 1.54) is 6.07 Å². The van der Waals surface area contributed by atoms with Gasteiger partial charge in [0.2, 0.25) is 5.91 Å². The van der Waals surface area contributed by atoms with Crippen molar-refractivity contribution in [3.63, 3.8) is 0 Å². The molecule has 3 N–H and O–H groups in total. The van der Waals surface area contributed by atoms with Crippen molar-refractivity contribution in [1.82, 2.24) is 0 Å². The number of nitrogens with one attached hydrogen (secondary N) is 1. The molecule has 0 atom stereocenters. The molecule has 1 rings (SSSR count). The highest BCUT2D eigenvalue weighted by Crippen LogP contribution is 2.24. The number of benzene rings is 1. The van der Waals surface area contributed by atoms with Gasteiger partial charge < -0.3 is 11.1 Å². The van der Waals surface area contributed by atoms with Crippen molar-refractivity contribution in [2.45, 2.75) is 12.8 Å². The highest BCUT2D eigenvalue weighted by molar-refractivity contribution is 5.73. The minimum absolute atomic E-state index is 0.196. The zero-order chi connectivity index (χ0) is 12.8. The summed E-state index contributed by atoms with van der Waals surface area (Å²) in [6, 6.07) is 3.26. The summed E-state index contributed by atoms with van der Waals surface area (Å²) in [5, 5.41) is 13.4. The number of nitro groups is 1. The molecule has 17 heavy (non-hydrogen) atoms. The number of primary amides is 1. The maximum Gasteiger partial charge on any atom is 0.295 e. The van der Waals surface area contributed by atoms with E-state index in [-0.39, 0.29) is 17.8 Å². The van der Waals surface area contributed by atoms with E-state index in [0.29, 0.717) is 13.0 Å². The molecular weight excluding hydrogens is 229 g/mol. The third kappa shape index (κ3) is 4.06. The van der Waals surface area contributed by atoms with Crippen molar-refractivity contribution in [3.05, 3.63) is 34.1 Å². The molecule has 0 fully saturated rings. The molecule has 1 aromatic carbocycles. The Balaban J connectivity index is 2.64. The Kier molecular flexibility index (Phi) is 4.38. The van der Waals surface area contributed by atoms with Gasteiger partial charge in [-0.25, -0.2) is 4.39 Å². The van der Waals surface area contributed by atoms with E-state index in [1.54, 1.807) is 0 Å². The number of rotatable bonds is 6. The summed E-state index contributed by atoms with van der Waals surface area (Å²) < 4.78 is 12.8. The second kappa shape index (κ2) is 5.78. The van der Waals surface area contributed by atoms with Crippen LogP contribution in [-0.4, -0.2) is 17.4 Å². The van der Waals surface area contributed by atoms with Gasteiger partial charge >= 0.3 is 0 Å². The fourth-order valence-electron chi connectivity index (χ4n) is 1.29. The molecule has 0 radical (unpaired) electrons. The first-order valence-corrected chi connectivity index (χ1v) is 4.97. The van der Waals surface area contributed by atoms with Crippen LogP contribution in [-0.2, 0) is 4.79 Å². The largest absolute Gasteiger partial charge is 0.379 e. The predicted octanol–water partition coefficient (Wildman–Crippen LogP) is 1.41. The fraction of sp³-hybridized carbons (Fsp3) is 0.300. The summed E-state index contributed by atoms with van der Waals surface area (Å²) in [6.07, 6.45) is 0.659. The number of carbonyl (C=O) groups is 1. The summed E-state index contributed by atoms with van der Waals surface area (Å²) in [7, 11) is 0. The Bertz CT molecular complexity index is 437. The fourth-order valence-corrected chi connectivity index (χ4v) is 1.29. The molecular formula is C10H12FN3O3. The summed E-state index contributed by atoms with van der Waals surface area (Å²) in [6.45, 7) is 0.357. The van der Waals surface area contributed by atoms with Crippen molar-refractivity contribution in [1.29, 1.82) is 0 Å². The van der Waals surface area contributed by atoms with Crippen molar-refractivity contribution in [2.24, 2.45) is 5.73 Å². The van der Waals surface area contributed by atoms with Gasteiger partial charge in [0.1, 0.15) is 11.5 Å². The minimum atomic E-state index is -0.667. The van der Waals surface area contributed by atoms with Gasteiger partial charge in [-0.3, -0.25) is 14.9 Å². The highest BCUT2D eigenvalue weighted by atomic mass is 19.1. The second-order valence-electron chi connectivity index (χ2n) is 3.42. The van der Waals surface area contributed by atoms with Crippen molar-refractivity contribution in [3.8, 4) is 0 Å². The smallest absolute Gasteiger partial charge is 0.295 e. The van der Waals surface area contributed by atoms with E-state index in [1.807, 2.05) is 0 Å². The number of anilines is 1. The Morgan fingerprint density at radius 3 is 2.82 bits per heavy atom. The lowest BCUT2D eigenvalue weighted by Gasteiger charge is -2.06. The van der Waals surface area contributed by atoms with E-state index < -0.39 is 16.6 Å². The summed E-state index contributed by atoms with van der Waals surface area (Å²) in [5.41, 5.74) is 4.84. The molecule has 0 saturated carbocycles. The van der Waals surface area contributed by atoms with Gasteiger partial charge in [-0.2, -0.15) is 0 Å². The molecule has 0 spiro atoms. The van der Waals surface area contributed by atoms with Crippen LogP contribution in [0.2, 0.25) is 0 Å². The van der Waals surface area contributed by atoms with Crippen LogP contribution in [0.25, 0.3) is 0 Å². The first-order valence-electron chi connectivity index (χ1n) is 4.97. The van der Waals surface area contributed by atoms with Crippen LogP contribution in [0.5, 0.6) is 0 Å². The quantitative estimate of drug-likeness (QED) is 0.447. The molecule has 6 nitrogen and oxygen atoms in total. The van der Waals surface area contributed by atoms with E-state index >= 15 is 0 Å². The SMILES string of the molecule is NC(=O)CCCNc1ccc(F)cc1[N+](=O)[O-]. The Morgan fingerprint density at radius 2 is 2.24 bits per heavy atom. The second-order valence-corrected chi connectivity index (χ2v) is 3.42. The third-order valence-electron chi connectivity index (χ3n) is 2.07. The first kappa shape index (κ1) is 12.9. The molecule has 0 aliphatic heterocycles. The van der Waals surface area contributed by atoms with E-state index in [9.17, 15) is 19.3 Å². The predicted molar refractivity (Wildman–Crippen MR) is 60.0 cm³/mol. The lowest BCUT2D eigenvalue weighted by Crippen LogP contribution is -2.13. The molecule has 0 unspecified atom stereocenters. The van der Waals surface area contributed by atoms with Crippen LogP contribution in [0.15, 0.2) is 18.2 Å². The lowest BCUT2D eigenvalue weighted by atomic mass is 10.2. The Morgan fingerprint density at radius 1 is 1.53 bits per heavy atom. The highest BCUT2D eigenvalue weighted by Gasteiger charge is 2.14. The van der Waals surface area contributed by atoms with E-state index in [4.69, 9.17) is 5.73 Å². The molecule has 7 heteroatoms. The van der Waals surface area contributed by atoms with Gasteiger partial charge in [0.05, 0.1) is 11.0 Å². The summed E-state index contributed by atoms with van der Waals surface area (Å²) >= 11 is 0. The van der Waals surface area contributed by atoms with Crippen LogP contribution in [0, 0.1) is 15.9 Å². The van der Waals surface area contributed by atoms with Gasteiger partial charge in [-0.15, -0.1) is 0 Å². The molecule has 0 aliphatic rings. The number of hydrogen-bond acceptors (Lipinski definition) is 4. The van der Waals surface area contributed by atoms with Gasteiger partial charge in [0.15, 0.2) is 0 Å². The average molecular weight is 241 g/mol. The monoisotopic (exact) mass is 241 g/mol. The zero-order valence-corrected chi connectivity index (χ0v) is 8.98. The third-order valence-corrected chi connectivity index (χ3v) is 2.07. The Hall–Kier alpha value is -2.18. The zero-order valence-electron chi connectivity index (χ0n) is 8.98. The number of halogens is 1. The summed E-state index contributed by atoms with van der Waals surface area (Å²) in [4.78, 5) is 20.4. The van der Waals surface area contributed by atoms with Crippen LogP contribution in [0.1, 0.15) is 12.8 Å². The lowest BCUT2D eigenvalue weighted by molar-refractivity contribution is -0.384. The van der Waals surface area contributed by atoms with Crippen LogP contribution in [0.3, 0.4) is 0 Å². The van der Waals surface area contributed by atoms with Crippen molar-refractivity contribution < 1.29 is 14.1 Å². The van der Waals surface area contributed by atoms with Gasteiger partial charge in [0, 0.05) is 13.0 Å². The number of nitro benzene ring substituents is 1. The number of hydrogen-bond donors (Lipinski definition) is 2. The van der Waals surface area contributed by atoms with Crippen LogP contribution >= 0.6 is 0 Å². The minimum Gasteiger partial charge on any atom is -0.379 e. The van der Waals surface area contributed by atoms with Gasteiger partial charge in [-0.05, 0) is 18.6 Å². The summed E-state index contributed by atoms with van der Waals surface area (Å²) in [5.74, 6) is -1.10. The van der Waals surface area contributed by atoms with Crippen molar-refractivity contribution in [2.75, 3.05) is 11.9 Å². The maximum atomic E-state index is 12.8. The molecule has 1 amide bonds. The van der Waals surface area contributed by atoms with E-state index in [0.717, 1.165) is 12.1 Å². The van der Waals surface area contributed by atoms with Gasteiger partial charge in [0.25, 0.3) is 5.69 Å². The molecule has 0 heterocycles. The van der Waals surface area contributed by atoms with Gasteiger partial charge in [-0.1, -0.05) is 0 Å². The number of amides is 1. The van der Waals surface area contributed by atoms with Crippen molar-refractivity contribution >= 4 is 17.3 Å². The molecule has 0 saturated heterocycles. The number of nitrogens with zero attached hydrogens (tertiary/aromatic N) is 1. The normalized spacial score (nSPS) is 9.94. The number of nitrogens with two attached hydrogens (primary N) is 1. The standard InChI is InChI=1S/C10H12FN3O3/c11-7-3-4-8(9(6-7)14(16)17)13-5-1-2-10(12)15/h3-4,6,13H,1-2,5H2,(H2,12,15).